The molecule has 3 aromatic rings. The molecule has 0 saturated carbocycles. The highest BCUT2D eigenvalue weighted by molar-refractivity contribution is 5.82. The van der Waals surface area contributed by atoms with Crippen molar-refractivity contribution in [3.05, 3.63) is 60.1 Å². The molecule has 0 aliphatic carbocycles. The summed E-state index contributed by atoms with van der Waals surface area (Å²) in [5, 5.41) is 1.22. The second-order valence-corrected chi connectivity index (χ2v) is 5.03. The molecular weight excluding hydrogens is 248 g/mol. The molecule has 2 aromatic heterocycles. The van der Waals surface area contributed by atoms with Gasteiger partial charge in [-0.25, -0.2) is 0 Å². The maximum atomic E-state index is 6.02. The van der Waals surface area contributed by atoms with Gasteiger partial charge in [0.25, 0.3) is 0 Å². The van der Waals surface area contributed by atoms with E-state index in [4.69, 9.17) is 4.42 Å². The van der Waals surface area contributed by atoms with Gasteiger partial charge in [-0.2, -0.15) is 0 Å². The van der Waals surface area contributed by atoms with E-state index < -0.39 is 0 Å². The lowest BCUT2D eigenvalue weighted by Crippen LogP contribution is -2.12. The molecule has 20 heavy (non-hydrogen) atoms. The minimum Gasteiger partial charge on any atom is -0.461 e. The Kier molecular flexibility index (Phi) is 3.77. The highest BCUT2D eigenvalue weighted by atomic mass is 16.3. The van der Waals surface area contributed by atoms with Crippen LogP contribution in [0.4, 0.5) is 0 Å². The summed E-state index contributed by atoms with van der Waals surface area (Å²) in [6, 6.07) is 12.3. The lowest BCUT2D eigenvalue weighted by atomic mass is 10.1. The SMILES string of the molecule is CCCCc1oc2ccccc2c1CNn1cccc1. The first-order valence-electron chi connectivity index (χ1n) is 7.24. The molecule has 3 nitrogen and oxygen atoms in total. The molecule has 0 bridgehead atoms. The highest BCUT2D eigenvalue weighted by Crippen LogP contribution is 2.27. The lowest BCUT2D eigenvalue weighted by Gasteiger charge is -2.08. The zero-order valence-electron chi connectivity index (χ0n) is 11.8. The van der Waals surface area contributed by atoms with Gasteiger partial charge in [0, 0.05) is 29.8 Å². The van der Waals surface area contributed by atoms with Crippen LogP contribution in [0.25, 0.3) is 11.0 Å². The molecule has 3 heteroatoms. The van der Waals surface area contributed by atoms with Gasteiger partial charge in [-0.15, -0.1) is 0 Å². The molecule has 3 rings (SSSR count). The number of unbranched alkanes of at least 4 members (excludes halogenated alkanes) is 1. The van der Waals surface area contributed by atoms with Gasteiger partial charge in [0.15, 0.2) is 0 Å². The average molecular weight is 268 g/mol. The second-order valence-electron chi connectivity index (χ2n) is 5.03. The summed E-state index contributed by atoms with van der Waals surface area (Å²) in [5.74, 6) is 1.12. The molecule has 0 amide bonds. The third-order valence-corrected chi connectivity index (χ3v) is 3.58. The van der Waals surface area contributed by atoms with Gasteiger partial charge < -0.3 is 9.84 Å². The van der Waals surface area contributed by atoms with Crippen LogP contribution in [0.3, 0.4) is 0 Å². The molecule has 0 aliphatic rings. The summed E-state index contributed by atoms with van der Waals surface area (Å²) >= 11 is 0. The van der Waals surface area contributed by atoms with Crippen LogP contribution in [0.2, 0.25) is 0 Å². The maximum absolute atomic E-state index is 6.02. The van der Waals surface area contributed by atoms with Crippen LogP contribution >= 0.6 is 0 Å². The van der Waals surface area contributed by atoms with Crippen LogP contribution in [0.1, 0.15) is 31.1 Å². The highest BCUT2D eigenvalue weighted by Gasteiger charge is 2.13. The minimum absolute atomic E-state index is 0.782. The lowest BCUT2D eigenvalue weighted by molar-refractivity contribution is 0.530. The Hall–Kier alpha value is -2.16. The van der Waals surface area contributed by atoms with Crippen molar-refractivity contribution in [2.45, 2.75) is 32.7 Å². The van der Waals surface area contributed by atoms with Crippen molar-refractivity contribution in [1.29, 1.82) is 0 Å². The Balaban J connectivity index is 1.89. The van der Waals surface area contributed by atoms with Crippen molar-refractivity contribution in [1.82, 2.24) is 4.68 Å². The number of nitrogens with zero attached hydrogens (tertiary/aromatic N) is 1. The van der Waals surface area contributed by atoms with E-state index in [1.54, 1.807) is 0 Å². The number of aryl methyl sites for hydroxylation is 1. The molecule has 0 radical (unpaired) electrons. The van der Waals surface area contributed by atoms with Crippen molar-refractivity contribution >= 4 is 11.0 Å². The molecule has 1 N–H and O–H groups in total. The van der Waals surface area contributed by atoms with E-state index in [-0.39, 0.29) is 0 Å². The Labute approximate surface area is 119 Å². The molecule has 0 unspecified atom stereocenters. The van der Waals surface area contributed by atoms with Crippen LogP contribution < -0.4 is 5.43 Å². The maximum Gasteiger partial charge on any atom is 0.134 e. The number of benzene rings is 1. The van der Waals surface area contributed by atoms with Crippen molar-refractivity contribution in [2.24, 2.45) is 0 Å². The summed E-state index contributed by atoms with van der Waals surface area (Å²) in [6.45, 7) is 2.99. The fraction of sp³-hybridized carbons (Fsp3) is 0.294. The van der Waals surface area contributed by atoms with E-state index in [1.165, 1.54) is 17.4 Å². The quantitative estimate of drug-likeness (QED) is 0.721. The summed E-state index contributed by atoms with van der Waals surface area (Å²) in [4.78, 5) is 0. The van der Waals surface area contributed by atoms with Crippen molar-refractivity contribution in [3.63, 3.8) is 0 Å². The molecular formula is C17H20N2O. The van der Waals surface area contributed by atoms with Gasteiger partial charge in [0.1, 0.15) is 11.3 Å². The number of rotatable bonds is 6. The number of fused-ring (bicyclic) bond motifs is 1. The predicted molar refractivity (Wildman–Crippen MR) is 82.3 cm³/mol. The van der Waals surface area contributed by atoms with E-state index in [9.17, 15) is 0 Å². The fourth-order valence-corrected chi connectivity index (χ4v) is 2.49. The van der Waals surface area contributed by atoms with E-state index in [0.717, 1.165) is 30.7 Å². The van der Waals surface area contributed by atoms with E-state index in [2.05, 4.69) is 24.5 Å². The molecule has 0 saturated heterocycles. The zero-order chi connectivity index (χ0) is 13.8. The first kappa shape index (κ1) is 12.9. The Morgan fingerprint density at radius 2 is 1.90 bits per heavy atom. The largest absolute Gasteiger partial charge is 0.461 e. The van der Waals surface area contributed by atoms with Crippen molar-refractivity contribution in [2.75, 3.05) is 5.43 Å². The third-order valence-electron chi connectivity index (χ3n) is 3.58. The molecule has 0 aliphatic heterocycles. The van der Waals surface area contributed by atoms with E-state index >= 15 is 0 Å². The number of hydrogen-bond acceptors (Lipinski definition) is 2. The van der Waals surface area contributed by atoms with Gasteiger partial charge >= 0.3 is 0 Å². The normalized spacial score (nSPS) is 11.1. The summed E-state index contributed by atoms with van der Waals surface area (Å²) in [6.07, 6.45) is 7.37. The number of aromatic nitrogens is 1. The second kappa shape index (κ2) is 5.87. The Morgan fingerprint density at radius 1 is 1.10 bits per heavy atom. The zero-order valence-corrected chi connectivity index (χ0v) is 11.8. The van der Waals surface area contributed by atoms with Gasteiger partial charge in [-0.05, 0) is 24.6 Å². The standard InChI is InChI=1S/C17H20N2O/c1-2-3-9-17-15(13-18-19-11-6-7-12-19)14-8-4-5-10-16(14)20-17/h4-8,10-12,18H,2-3,9,13H2,1H3. The first-order chi connectivity index (χ1) is 9.88. The van der Waals surface area contributed by atoms with Crippen LogP contribution in [0.15, 0.2) is 53.2 Å². The van der Waals surface area contributed by atoms with Crippen molar-refractivity contribution < 1.29 is 4.42 Å². The number of furan rings is 1. The molecule has 0 fully saturated rings. The molecule has 1 aromatic carbocycles. The monoisotopic (exact) mass is 268 g/mol. The van der Waals surface area contributed by atoms with Gasteiger partial charge in [0.2, 0.25) is 0 Å². The molecule has 2 heterocycles. The van der Waals surface area contributed by atoms with E-state index in [0.29, 0.717) is 0 Å². The predicted octanol–water partition coefficient (Wildman–Crippen LogP) is 4.32. The van der Waals surface area contributed by atoms with E-state index in [1.807, 2.05) is 41.3 Å². The minimum atomic E-state index is 0.782. The smallest absolute Gasteiger partial charge is 0.134 e. The number of nitrogens with one attached hydrogen (secondary N) is 1. The molecule has 0 spiro atoms. The van der Waals surface area contributed by atoms with Crippen LogP contribution in [-0.4, -0.2) is 4.68 Å². The van der Waals surface area contributed by atoms with Crippen LogP contribution in [0.5, 0.6) is 0 Å². The Bertz CT molecular complexity index is 667. The Morgan fingerprint density at radius 3 is 2.70 bits per heavy atom. The van der Waals surface area contributed by atoms with Gasteiger partial charge in [-0.1, -0.05) is 31.5 Å². The summed E-state index contributed by atoms with van der Waals surface area (Å²) in [5.41, 5.74) is 5.66. The van der Waals surface area contributed by atoms with Gasteiger partial charge in [0.05, 0.1) is 6.54 Å². The van der Waals surface area contributed by atoms with Gasteiger partial charge in [-0.3, -0.25) is 4.68 Å². The number of hydrogen-bond donors (Lipinski definition) is 1. The molecule has 104 valence electrons. The summed E-state index contributed by atoms with van der Waals surface area (Å²) < 4.78 is 8.00. The van der Waals surface area contributed by atoms with Crippen LogP contribution in [0, 0.1) is 0 Å². The van der Waals surface area contributed by atoms with Crippen molar-refractivity contribution in [3.8, 4) is 0 Å². The molecule has 0 atom stereocenters. The average Bonchev–Trinajstić information content (AvgIpc) is 3.10. The third kappa shape index (κ3) is 2.57. The summed E-state index contributed by atoms with van der Waals surface area (Å²) in [7, 11) is 0. The fourth-order valence-electron chi connectivity index (χ4n) is 2.49. The first-order valence-corrected chi connectivity index (χ1v) is 7.24. The number of para-hydroxylation sites is 1. The van der Waals surface area contributed by atoms with Crippen LogP contribution in [-0.2, 0) is 13.0 Å². The topological polar surface area (TPSA) is 30.1 Å².